The largest absolute Gasteiger partial charge is 0.357 e. The molecule has 2 aromatic rings. The number of aliphatic imine (C=N–C) groups is 1. The number of guanidine groups is 1. The zero-order valence-corrected chi connectivity index (χ0v) is 20.4. The van der Waals surface area contributed by atoms with Crippen molar-refractivity contribution in [1.29, 1.82) is 0 Å². The number of rotatable bonds is 5. The second kappa shape index (κ2) is 9.92. The predicted molar refractivity (Wildman–Crippen MR) is 128 cm³/mol. The second-order valence-corrected chi connectivity index (χ2v) is 10.4. The van der Waals surface area contributed by atoms with Crippen LogP contribution in [0.25, 0.3) is 5.69 Å². The summed E-state index contributed by atoms with van der Waals surface area (Å²) >= 11 is 0. The summed E-state index contributed by atoms with van der Waals surface area (Å²) in [6.45, 7) is 7.88. The number of aromatic nitrogens is 2. The van der Waals surface area contributed by atoms with Crippen LogP contribution in [0.15, 0.2) is 47.7 Å². The maximum atomic E-state index is 12.3. The van der Waals surface area contributed by atoms with Crippen molar-refractivity contribution < 1.29 is 8.42 Å². The Morgan fingerprint density at radius 3 is 2.66 bits per heavy atom. The van der Waals surface area contributed by atoms with Crippen LogP contribution in [0.4, 0.5) is 0 Å². The number of hydrogen-bond donors (Lipinski definition) is 1. The fraction of sp³-hybridized carbons (Fsp3) is 0.500. The van der Waals surface area contributed by atoms with Crippen molar-refractivity contribution in [3.05, 3.63) is 48.3 Å². The highest BCUT2D eigenvalue weighted by Crippen LogP contribution is 2.23. The first kappa shape index (κ1) is 23.7. The topological polar surface area (TPSA) is 79.6 Å². The number of halogens is 1. The zero-order chi connectivity index (χ0) is 20.2. The lowest BCUT2D eigenvalue weighted by Crippen LogP contribution is -2.57. The molecule has 1 N–H and O–H groups in total. The highest BCUT2D eigenvalue weighted by molar-refractivity contribution is 14.0. The van der Waals surface area contributed by atoms with E-state index in [1.807, 2.05) is 54.3 Å². The van der Waals surface area contributed by atoms with Crippen LogP contribution in [-0.4, -0.2) is 65.7 Å². The van der Waals surface area contributed by atoms with Gasteiger partial charge in [-0.25, -0.2) is 13.1 Å². The SMILES string of the molecule is CCNC(=NCCc1cnn(-c2ccccc2)c1)N1CCS(=O)(=O)C(C)(C)C1.I. The maximum Gasteiger partial charge on any atom is 0.194 e. The van der Waals surface area contributed by atoms with E-state index in [1.54, 1.807) is 13.8 Å². The summed E-state index contributed by atoms with van der Waals surface area (Å²) in [4.78, 5) is 6.78. The molecule has 1 aliphatic heterocycles. The molecule has 0 aliphatic carbocycles. The molecule has 9 heteroatoms. The Bertz CT molecular complexity index is 925. The Hall–Kier alpha value is -1.62. The van der Waals surface area contributed by atoms with Crippen LogP contribution >= 0.6 is 24.0 Å². The van der Waals surface area contributed by atoms with Crippen LogP contribution in [0.1, 0.15) is 26.3 Å². The zero-order valence-electron chi connectivity index (χ0n) is 17.2. The van der Waals surface area contributed by atoms with Crippen LogP contribution in [0.2, 0.25) is 0 Å². The van der Waals surface area contributed by atoms with Crippen LogP contribution in [0.5, 0.6) is 0 Å². The van der Waals surface area contributed by atoms with E-state index in [0.717, 1.165) is 30.2 Å². The van der Waals surface area contributed by atoms with Crippen LogP contribution in [-0.2, 0) is 16.3 Å². The highest BCUT2D eigenvalue weighted by atomic mass is 127. The second-order valence-electron chi connectivity index (χ2n) is 7.61. The fourth-order valence-corrected chi connectivity index (χ4v) is 4.62. The van der Waals surface area contributed by atoms with Gasteiger partial charge >= 0.3 is 0 Å². The van der Waals surface area contributed by atoms with Gasteiger partial charge in [0.05, 0.1) is 22.4 Å². The van der Waals surface area contributed by atoms with Gasteiger partial charge in [-0.3, -0.25) is 4.99 Å². The molecule has 0 radical (unpaired) electrons. The van der Waals surface area contributed by atoms with Gasteiger partial charge in [-0.05, 0) is 44.9 Å². The van der Waals surface area contributed by atoms with Gasteiger partial charge in [0.25, 0.3) is 0 Å². The predicted octanol–water partition coefficient (Wildman–Crippen LogP) is 2.51. The van der Waals surface area contributed by atoms with Gasteiger partial charge in [-0.1, -0.05) is 18.2 Å². The molecule has 7 nitrogen and oxygen atoms in total. The molecule has 0 bridgehead atoms. The number of para-hydroxylation sites is 1. The first-order chi connectivity index (χ1) is 13.3. The molecular weight excluding hydrogens is 501 g/mol. The van der Waals surface area contributed by atoms with E-state index in [0.29, 0.717) is 19.6 Å². The molecule has 2 heterocycles. The number of nitrogens with one attached hydrogen (secondary N) is 1. The fourth-order valence-electron chi connectivity index (χ4n) is 3.25. The Balaban J connectivity index is 0.00000300. The van der Waals surface area contributed by atoms with Gasteiger partial charge < -0.3 is 10.2 Å². The van der Waals surface area contributed by atoms with Crippen LogP contribution in [0.3, 0.4) is 0 Å². The molecular formula is C20H30IN5O2S. The first-order valence-electron chi connectivity index (χ1n) is 9.67. The third kappa shape index (κ3) is 5.71. The van der Waals surface area contributed by atoms with Gasteiger partial charge in [-0.15, -0.1) is 24.0 Å². The summed E-state index contributed by atoms with van der Waals surface area (Å²) in [7, 11) is -3.06. The summed E-state index contributed by atoms with van der Waals surface area (Å²) in [6, 6.07) is 10.0. The lowest BCUT2D eigenvalue weighted by Gasteiger charge is -2.39. The molecule has 1 saturated heterocycles. The van der Waals surface area contributed by atoms with Crippen molar-refractivity contribution in [3.8, 4) is 5.69 Å². The highest BCUT2D eigenvalue weighted by Gasteiger charge is 2.40. The Labute approximate surface area is 190 Å². The number of nitrogens with zero attached hydrogens (tertiary/aromatic N) is 4. The van der Waals surface area contributed by atoms with Gasteiger partial charge in [0.1, 0.15) is 0 Å². The molecule has 0 spiro atoms. The average Bonchev–Trinajstić information content (AvgIpc) is 3.13. The molecule has 1 aromatic heterocycles. The number of sulfone groups is 1. The molecule has 0 atom stereocenters. The molecule has 1 aliphatic rings. The first-order valence-corrected chi connectivity index (χ1v) is 11.3. The van der Waals surface area contributed by atoms with Crippen molar-refractivity contribution in [1.82, 2.24) is 20.0 Å². The monoisotopic (exact) mass is 531 g/mol. The summed E-state index contributed by atoms with van der Waals surface area (Å²) < 4.78 is 25.6. The third-order valence-corrected chi connectivity index (χ3v) is 7.53. The summed E-state index contributed by atoms with van der Waals surface area (Å²) in [6.07, 6.45) is 4.66. The Morgan fingerprint density at radius 1 is 1.28 bits per heavy atom. The minimum atomic E-state index is -3.06. The van der Waals surface area contributed by atoms with E-state index in [-0.39, 0.29) is 29.7 Å². The third-order valence-electron chi connectivity index (χ3n) is 5.00. The number of benzene rings is 1. The van der Waals surface area contributed by atoms with Crippen molar-refractivity contribution in [2.75, 3.05) is 31.9 Å². The van der Waals surface area contributed by atoms with E-state index in [2.05, 4.69) is 15.3 Å². The van der Waals surface area contributed by atoms with Crippen LogP contribution in [0, 0.1) is 0 Å². The average molecular weight is 531 g/mol. The molecule has 0 amide bonds. The van der Waals surface area contributed by atoms with E-state index in [1.165, 1.54) is 0 Å². The van der Waals surface area contributed by atoms with E-state index in [9.17, 15) is 8.42 Å². The molecule has 1 fully saturated rings. The molecule has 0 unspecified atom stereocenters. The Morgan fingerprint density at radius 2 is 2.00 bits per heavy atom. The minimum absolute atomic E-state index is 0. The molecule has 3 rings (SSSR count). The lowest BCUT2D eigenvalue weighted by molar-refractivity contribution is 0.353. The summed E-state index contributed by atoms with van der Waals surface area (Å²) in [5.41, 5.74) is 2.15. The minimum Gasteiger partial charge on any atom is -0.357 e. The summed E-state index contributed by atoms with van der Waals surface area (Å²) in [5, 5.41) is 7.72. The number of hydrogen-bond acceptors (Lipinski definition) is 4. The van der Waals surface area contributed by atoms with E-state index in [4.69, 9.17) is 4.99 Å². The van der Waals surface area contributed by atoms with Gasteiger partial charge in [0, 0.05) is 32.4 Å². The van der Waals surface area contributed by atoms with E-state index < -0.39 is 14.6 Å². The quantitative estimate of drug-likeness (QED) is 0.365. The van der Waals surface area contributed by atoms with Gasteiger partial charge in [0.2, 0.25) is 0 Å². The van der Waals surface area contributed by atoms with Crippen molar-refractivity contribution >= 4 is 39.8 Å². The van der Waals surface area contributed by atoms with Crippen molar-refractivity contribution in [2.24, 2.45) is 4.99 Å². The standard InChI is InChI=1S/C20H29N5O2S.HI/c1-4-21-19(24-12-13-28(26,27)20(2,3)16-24)22-11-10-17-14-23-25(15-17)18-8-6-5-7-9-18;/h5-9,14-15H,4,10-13,16H2,1-3H3,(H,21,22);1H. The van der Waals surface area contributed by atoms with Crippen LogP contribution < -0.4 is 5.32 Å². The van der Waals surface area contributed by atoms with Crippen molar-refractivity contribution in [3.63, 3.8) is 0 Å². The molecule has 1 aromatic carbocycles. The molecule has 160 valence electrons. The maximum absolute atomic E-state index is 12.3. The molecule has 0 saturated carbocycles. The Kier molecular flexibility index (Phi) is 8.10. The lowest BCUT2D eigenvalue weighted by atomic mass is 10.2. The smallest absolute Gasteiger partial charge is 0.194 e. The van der Waals surface area contributed by atoms with Gasteiger partial charge in [0.15, 0.2) is 15.8 Å². The normalized spacial score (nSPS) is 18.2. The van der Waals surface area contributed by atoms with Gasteiger partial charge in [-0.2, -0.15) is 5.10 Å². The van der Waals surface area contributed by atoms with E-state index >= 15 is 0 Å². The summed E-state index contributed by atoms with van der Waals surface area (Å²) in [5.74, 6) is 0.940. The molecule has 29 heavy (non-hydrogen) atoms. The van der Waals surface area contributed by atoms with Crippen molar-refractivity contribution in [2.45, 2.75) is 31.9 Å².